The molecule has 3 heteroatoms. The Kier molecular flexibility index (Phi) is 3.60. The van der Waals surface area contributed by atoms with E-state index in [4.69, 9.17) is 0 Å². The molecule has 0 amide bonds. The molecule has 0 saturated heterocycles. The number of pyridine rings is 1. The Morgan fingerprint density at radius 3 is 2.18 bits per heavy atom. The van der Waals surface area contributed by atoms with Crippen LogP contribution in [0.4, 0.5) is 0 Å². The van der Waals surface area contributed by atoms with Crippen molar-refractivity contribution < 1.29 is 0 Å². The molecule has 1 aromatic heterocycles. The summed E-state index contributed by atoms with van der Waals surface area (Å²) in [5.74, 6) is 0. The zero-order valence-electron chi connectivity index (χ0n) is 10.2. The van der Waals surface area contributed by atoms with Crippen LogP contribution in [-0.2, 0) is 0 Å². The number of para-hydroxylation sites is 1. The molecule has 0 bridgehead atoms. The second-order valence-electron chi connectivity index (χ2n) is 4.15. The molecule has 3 nitrogen and oxygen atoms in total. The van der Waals surface area contributed by atoms with Crippen LogP contribution in [0.5, 0.6) is 0 Å². The van der Waals surface area contributed by atoms with Crippen LogP contribution in [0.25, 0.3) is 10.9 Å². The number of hydrogen-bond acceptors (Lipinski definition) is 3. The molecule has 88 valence electrons. The maximum Gasteiger partial charge on any atom is 0.0887 e. The molecule has 1 aromatic carbocycles. The Balaban J connectivity index is 0.000000136. The van der Waals surface area contributed by atoms with Crippen LogP contribution in [0, 0.1) is 0 Å². The second kappa shape index (κ2) is 5.34. The van der Waals surface area contributed by atoms with E-state index >= 15 is 0 Å². The molecule has 17 heavy (non-hydrogen) atoms. The maximum atomic E-state index is 4.18. The molecule has 0 N–H and O–H groups in total. The fourth-order valence-electron chi connectivity index (χ4n) is 1.69. The molecule has 2 aromatic rings. The molecule has 0 aliphatic carbocycles. The lowest BCUT2D eigenvalue weighted by Gasteiger charge is -2.10. The quantitative estimate of drug-likeness (QED) is 0.689. The highest BCUT2D eigenvalue weighted by molar-refractivity contribution is 5.77. The largest absolute Gasteiger partial charge is 0.362 e. The van der Waals surface area contributed by atoms with Gasteiger partial charge in [0.15, 0.2) is 0 Å². The van der Waals surface area contributed by atoms with E-state index in [0.717, 1.165) is 12.2 Å². The topological polar surface area (TPSA) is 19.4 Å². The van der Waals surface area contributed by atoms with Crippen molar-refractivity contribution in [2.24, 2.45) is 0 Å². The van der Waals surface area contributed by atoms with Gasteiger partial charge >= 0.3 is 0 Å². The number of rotatable bonds is 0. The van der Waals surface area contributed by atoms with E-state index in [0.29, 0.717) is 0 Å². The SMILES string of the molecule is CN1C=CN(C)C1.c1ccc2ncccc2c1. The fraction of sp³-hybridized carbons (Fsp3) is 0.214. The van der Waals surface area contributed by atoms with Crippen molar-refractivity contribution in [3.8, 4) is 0 Å². The summed E-state index contributed by atoms with van der Waals surface area (Å²) in [6.45, 7) is 1.03. The normalized spacial score (nSPS) is 13.8. The fourth-order valence-corrected chi connectivity index (χ4v) is 1.69. The summed E-state index contributed by atoms with van der Waals surface area (Å²) < 4.78 is 0. The molecule has 1 aliphatic heterocycles. The highest BCUT2D eigenvalue weighted by Gasteiger charge is 1.99. The molecule has 0 saturated carbocycles. The Hall–Kier alpha value is -2.03. The number of aromatic nitrogens is 1. The highest BCUT2D eigenvalue weighted by Crippen LogP contribution is 2.07. The zero-order chi connectivity index (χ0) is 12.1. The average Bonchev–Trinajstić information content (AvgIpc) is 2.74. The van der Waals surface area contributed by atoms with Crippen molar-refractivity contribution in [3.05, 3.63) is 55.0 Å². The Morgan fingerprint density at radius 1 is 0.941 bits per heavy atom. The molecule has 0 atom stereocenters. The van der Waals surface area contributed by atoms with E-state index in [9.17, 15) is 0 Å². The van der Waals surface area contributed by atoms with Crippen molar-refractivity contribution in [1.29, 1.82) is 0 Å². The van der Waals surface area contributed by atoms with E-state index < -0.39 is 0 Å². The summed E-state index contributed by atoms with van der Waals surface area (Å²) in [6, 6.07) is 12.1. The van der Waals surface area contributed by atoms with E-state index in [1.54, 1.807) is 0 Å². The predicted molar refractivity (Wildman–Crippen MR) is 71.3 cm³/mol. The van der Waals surface area contributed by atoms with Gasteiger partial charge in [-0.2, -0.15) is 0 Å². The molecular weight excluding hydrogens is 210 g/mol. The third kappa shape index (κ3) is 3.21. The van der Waals surface area contributed by atoms with Crippen LogP contribution in [0.3, 0.4) is 0 Å². The van der Waals surface area contributed by atoms with Crippen LogP contribution in [0.2, 0.25) is 0 Å². The standard InChI is InChI=1S/C9H7N.C5H10N2/c1-2-6-9-8(4-1)5-3-7-10-9;1-6-3-4-7(2)5-6/h1-7H;3-4H,5H2,1-2H3. The molecular formula is C14H17N3. The van der Waals surface area contributed by atoms with Crippen LogP contribution in [-0.4, -0.2) is 35.5 Å². The Labute approximate surface area is 102 Å². The summed E-state index contributed by atoms with van der Waals surface area (Å²) in [7, 11) is 4.11. The van der Waals surface area contributed by atoms with Gasteiger partial charge in [0.1, 0.15) is 0 Å². The Bertz CT molecular complexity index is 432. The third-order valence-electron chi connectivity index (χ3n) is 2.53. The zero-order valence-corrected chi connectivity index (χ0v) is 10.2. The summed E-state index contributed by atoms with van der Waals surface area (Å²) in [5, 5.41) is 1.20. The maximum absolute atomic E-state index is 4.18. The van der Waals surface area contributed by atoms with Crippen molar-refractivity contribution in [2.75, 3.05) is 20.8 Å². The summed E-state index contributed by atoms with van der Waals surface area (Å²) in [5.41, 5.74) is 1.06. The van der Waals surface area contributed by atoms with Crippen LogP contribution < -0.4 is 0 Å². The Morgan fingerprint density at radius 2 is 1.59 bits per heavy atom. The lowest BCUT2D eigenvalue weighted by molar-refractivity contribution is 0.340. The first kappa shape index (κ1) is 11.5. The first-order chi connectivity index (χ1) is 8.25. The van der Waals surface area contributed by atoms with E-state index in [2.05, 4.69) is 53.4 Å². The molecule has 0 unspecified atom stereocenters. The second-order valence-corrected chi connectivity index (χ2v) is 4.15. The molecule has 0 spiro atoms. The summed E-state index contributed by atoms with van der Waals surface area (Å²) >= 11 is 0. The predicted octanol–water partition coefficient (Wildman–Crippen LogP) is 2.53. The average molecular weight is 227 g/mol. The smallest absolute Gasteiger partial charge is 0.0887 e. The molecule has 3 rings (SSSR count). The van der Waals surface area contributed by atoms with Crippen molar-refractivity contribution in [3.63, 3.8) is 0 Å². The minimum atomic E-state index is 1.03. The lowest BCUT2D eigenvalue weighted by Crippen LogP contribution is -2.17. The summed E-state index contributed by atoms with van der Waals surface area (Å²) in [4.78, 5) is 8.43. The molecule has 0 fully saturated rings. The van der Waals surface area contributed by atoms with Gasteiger partial charge in [0, 0.05) is 38.1 Å². The van der Waals surface area contributed by atoms with E-state index in [1.807, 2.05) is 30.5 Å². The third-order valence-corrected chi connectivity index (χ3v) is 2.53. The van der Waals surface area contributed by atoms with Gasteiger partial charge < -0.3 is 9.80 Å². The van der Waals surface area contributed by atoms with Gasteiger partial charge in [-0.05, 0) is 12.1 Å². The number of hydrogen-bond donors (Lipinski definition) is 0. The van der Waals surface area contributed by atoms with Gasteiger partial charge in [0.25, 0.3) is 0 Å². The van der Waals surface area contributed by atoms with Gasteiger partial charge in [-0.15, -0.1) is 0 Å². The monoisotopic (exact) mass is 227 g/mol. The van der Waals surface area contributed by atoms with Crippen molar-refractivity contribution in [2.45, 2.75) is 0 Å². The van der Waals surface area contributed by atoms with Gasteiger partial charge in [-0.25, -0.2) is 0 Å². The minimum absolute atomic E-state index is 1.03. The van der Waals surface area contributed by atoms with E-state index in [1.165, 1.54) is 5.39 Å². The molecule has 1 aliphatic rings. The van der Waals surface area contributed by atoms with Gasteiger partial charge in [0.2, 0.25) is 0 Å². The van der Waals surface area contributed by atoms with Crippen molar-refractivity contribution >= 4 is 10.9 Å². The van der Waals surface area contributed by atoms with Gasteiger partial charge in [-0.3, -0.25) is 4.98 Å². The van der Waals surface area contributed by atoms with Crippen LogP contribution >= 0.6 is 0 Å². The van der Waals surface area contributed by atoms with Gasteiger partial charge in [0.05, 0.1) is 12.2 Å². The van der Waals surface area contributed by atoms with Gasteiger partial charge in [-0.1, -0.05) is 24.3 Å². The minimum Gasteiger partial charge on any atom is -0.362 e. The number of benzene rings is 1. The first-order valence-electron chi connectivity index (χ1n) is 5.64. The summed E-state index contributed by atoms with van der Waals surface area (Å²) in [6.07, 6.45) is 5.92. The van der Waals surface area contributed by atoms with E-state index in [-0.39, 0.29) is 0 Å². The van der Waals surface area contributed by atoms with Crippen LogP contribution in [0.15, 0.2) is 55.0 Å². The molecule has 0 radical (unpaired) electrons. The lowest BCUT2D eigenvalue weighted by atomic mass is 10.2. The number of nitrogens with zero attached hydrogens (tertiary/aromatic N) is 3. The highest BCUT2D eigenvalue weighted by atomic mass is 15.3. The van der Waals surface area contributed by atoms with Crippen molar-refractivity contribution in [1.82, 2.24) is 14.8 Å². The first-order valence-corrected chi connectivity index (χ1v) is 5.64. The molecule has 2 heterocycles. The number of fused-ring (bicyclic) bond motifs is 1. The van der Waals surface area contributed by atoms with Crippen LogP contribution in [0.1, 0.15) is 0 Å².